The number of amides is 1. The summed E-state index contributed by atoms with van der Waals surface area (Å²) in [5.41, 5.74) is 1.76. The highest BCUT2D eigenvalue weighted by Gasteiger charge is 2.25. The highest BCUT2D eigenvalue weighted by Crippen LogP contribution is 2.29. The molecule has 1 unspecified atom stereocenters. The van der Waals surface area contributed by atoms with Gasteiger partial charge in [0.2, 0.25) is 0 Å². The molecule has 1 saturated heterocycles. The van der Waals surface area contributed by atoms with Crippen molar-refractivity contribution in [3.8, 4) is 5.75 Å². The highest BCUT2D eigenvalue weighted by atomic mass is 35.5. The molecule has 1 amide bonds. The quantitative estimate of drug-likeness (QED) is 0.475. The Bertz CT molecular complexity index is 1020. The van der Waals surface area contributed by atoms with Gasteiger partial charge in [-0.3, -0.25) is 4.79 Å². The lowest BCUT2D eigenvalue weighted by molar-refractivity contribution is -0.116. The number of halogens is 2. The lowest BCUT2D eigenvalue weighted by Crippen LogP contribution is -2.45. The number of aliphatic hydroxyl groups excluding tert-OH is 2. The van der Waals surface area contributed by atoms with Crippen molar-refractivity contribution >= 4 is 34.7 Å². The van der Waals surface area contributed by atoms with Gasteiger partial charge in [0, 0.05) is 44.0 Å². The number of likely N-dealkylation sites (tertiary alicyclic amines) is 1. The number of nitrogens with zero attached hydrogens (tertiary/aromatic N) is 1. The van der Waals surface area contributed by atoms with Crippen LogP contribution in [-0.2, 0) is 4.79 Å². The van der Waals surface area contributed by atoms with Crippen LogP contribution >= 0.6 is 23.2 Å². The summed E-state index contributed by atoms with van der Waals surface area (Å²) in [4.78, 5) is 14.8. The monoisotopic (exact) mass is 491 g/mol. The van der Waals surface area contributed by atoms with E-state index in [1.165, 1.54) is 6.20 Å². The normalized spacial score (nSPS) is 19.8. The molecule has 0 spiro atoms. The maximum Gasteiger partial charge on any atom is 0.253 e. The third-order valence-corrected chi connectivity index (χ3v) is 6.61. The van der Waals surface area contributed by atoms with Crippen LogP contribution in [0.5, 0.6) is 5.75 Å². The van der Waals surface area contributed by atoms with Gasteiger partial charge >= 0.3 is 0 Å². The van der Waals surface area contributed by atoms with Crippen molar-refractivity contribution in [3.05, 3.63) is 69.8 Å². The van der Waals surface area contributed by atoms with Gasteiger partial charge in [0.05, 0.1) is 21.7 Å². The van der Waals surface area contributed by atoms with Gasteiger partial charge in [-0.15, -0.1) is 0 Å². The number of benzene rings is 2. The molecule has 4 rings (SSSR count). The van der Waals surface area contributed by atoms with Crippen molar-refractivity contribution in [1.29, 1.82) is 0 Å². The van der Waals surface area contributed by atoms with Gasteiger partial charge in [0.1, 0.15) is 11.9 Å². The number of carbonyl (C=O) groups is 1. The van der Waals surface area contributed by atoms with Crippen LogP contribution in [0.4, 0.5) is 0 Å². The zero-order chi connectivity index (χ0) is 23.4. The minimum Gasteiger partial charge on any atom is -0.490 e. The van der Waals surface area contributed by atoms with Gasteiger partial charge < -0.3 is 30.5 Å². The van der Waals surface area contributed by atoms with Gasteiger partial charge in [-0.1, -0.05) is 47.5 Å². The van der Waals surface area contributed by atoms with E-state index in [2.05, 4.69) is 15.5 Å². The van der Waals surface area contributed by atoms with Crippen LogP contribution in [0.2, 0.25) is 10.0 Å². The fraction of sp³-hybridized carbons (Fsp3) is 0.375. The fourth-order valence-electron chi connectivity index (χ4n) is 4.12. The molecule has 2 aromatic carbocycles. The number of aliphatic hydroxyl groups is 2. The van der Waals surface area contributed by atoms with Crippen molar-refractivity contribution in [3.63, 3.8) is 0 Å². The predicted molar refractivity (Wildman–Crippen MR) is 128 cm³/mol. The van der Waals surface area contributed by atoms with E-state index < -0.39 is 12.3 Å². The van der Waals surface area contributed by atoms with E-state index in [4.69, 9.17) is 27.9 Å². The van der Waals surface area contributed by atoms with Crippen LogP contribution < -0.4 is 15.4 Å². The molecule has 2 heterocycles. The molecular weight excluding hydrogens is 465 g/mol. The van der Waals surface area contributed by atoms with Crippen molar-refractivity contribution in [1.82, 2.24) is 15.5 Å². The van der Waals surface area contributed by atoms with Crippen LogP contribution in [-0.4, -0.2) is 59.4 Å². The second kappa shape index (κ2) is 10.8. The maximum absolute atomic E-state index is 12.7. The van der Waals surface area contributed by atoms with Crippen LogP contribution in [0.3, 0.4) is 0 Å². The molecule has 4 N–H and O–H groups in total. The molecule has 1 fully saturated rings. The summed E-state index contributed by atoms with van der Waals surface area (Å²) in [6, 6.07) is 12.5. The fourth-order valence-corrected chi connectivity index (χ4v) is 4.41. The predicted octanol–water partition coefficient (Wildman–Crippen LogP) is 2.95. The topological polar surface area (TPSA) is 94.1 Å². The molecule has 2 aliphatic heterocycles. The van der Waals surface area contributed by atoms with Gasteiger partial charge in [0.25, 0.3) is 5.91 Å². The number of ether oxygens (including phenoxy) is 1. The number of carbonyl (C=O) groups excluding carboxylic acids is 1. The minimum absolute atomic E-state index is 0.0801. The summed E-state index contributed by atoms with van der Waals surface area (Å²) in [5, 5.41) is 27.0. The van der Waals surface area contributed by atoms with E-state index in [9.17, 15) is 15.0 Å². The highest BCUT2D eigenvalue weighted by molar-refractivity contribution is 6.42. The molecule has 2 atom stereocenters. The van der Waals surface area contributed by atoms with E-state index in [0.717, 1.165) is 25.9 Å². The molecule has 9 heteroatoms. The van der Waals surface area contributed by atoms with E-state index in [1.54, 1.807) is 24.3 Å². The second-order valence-electron chi connectivity index (χ2n) is 8.27. The van der Waals surface area contributed by atoms with Crippen LogP contribution in [0.1, 0.15) is 30.2 Å². The lowest BCUT2D eigenvalue weighted by Gasteiger charge is -2.33. The summed E-state index contributed by atoms with van der Waals surface area (Å²) >= 11 is 12.0. The Labute approximate surface area is 202 Å². The van der Waals surface area contributed by atoms with Crippen molar-refractivity contribution in [2.75, 3.05) is 26.2 Å². The Hall–Kier alpha value is -2.29. The average Bonchev–Trinajstić information content (AvgIpc) is 2.82. The third kappa shape index (κ3) is 5.99. The molecule has 0 aliphatic carbocycles. The summed E-state index contributed by atoms with van der Waals surface area (Å²) in [7, 11) is 0. The largest absolute Gasteiger partial charge is 0.490 e. The zero-order valence-electron chi connectivity index (χ0n) is 18.0. The average molecular weight is 492 g/mol. The molecule has 2 aromatic rings. The third-order valence-electron chi connectivity index (χ3n) is 5.87. The first-order valence-electron chi connectivity index (χ1n) is 10.9. The first-order chi connectivity index (χ1) is 15.9. The van der Waals surface area contributed by atoms with Crippen molar-refractivity contribution < 1.29 is 19.7 Å². The number of piperidine rings is 1. The standard InChI is InChI=1S/C24H27Cl2N3O4/c25-21-6-5-17(11-22(21)26)33-16-7-9-29(10-8-16)14-15(30)12-27-24(32)20-13-28-23(31)19-4-2-1-3-18(19)20/h1-6,11,13,15-16,23,28,30-31H,7-10,12,14H2,(H,27,32)/t15-,23?/m1/s1. The molecule has 0 bridgehead atoms. The summed E-state index contributed by atoms with van der Waals surface area (Å²) in [5.74, 6) is 0.404. The van der Waals surface area contributed by atoms with Gasteiger partial charge in [-0.05, 0) is 30.5 Å². The Morgan fingerprint density at radius 3 is 2.70 bits per heavy atom. The molecule has 2 aliphatic rings. The second-order valence-corrected chi connectivity index (χ2v) is 9.09. The summed E-state index contributed by atoms with van der Waals surface area (Å²) in [6.45, 7) is 2.18. The molecule has 7 nitrogen and oxygen atoms in total. The summed E-state index contributed by atoms with van der Waals surface area (Å²) in [6.07, 6.45) is 1.71. The SMILES string of the molecule is O=C(NC[C@@H](O)CN1CCC(Oc2ccc(Cl)c(Cl)c2)CC1)C1=CNC(O)c2ccccc21. The molecule has 0 radical (unpaired) electrons. The Balaban J connectivity index is 1.21. The molecule has 0 aromatic heterocycles. The Morgan fingerprint density at radius 1 is 1.18 bits per heavy atom. The van der Waals surface area contributed by atoms with Gasteiger partial charge in [-0.25, -0.2) is 0 Å². The van der Waals surface area contributed by atoms with E-state index in [0.29, 0.717) is 39.0 Å². The Kier molecular flexibility index (Phi) is 7.78. The number of hydrogen-bond acceptors (Lipinski definition) is 6. The van der Waals surface area contributed by atoms with E-state index >= 15 is 0 Å². The Morgan fingerprint density at radius 2 is 1.94 bits per heavy atom. The van der Waals surface area contributed by atoms with E-state index in [1.807, 2.05) is 18.2 Å². The number of nitrogens with one attached hydrogen (secondary N) is 2. The number of fused-ring (bicyclic) bond motifs is 1. The van der Waals surface area contributed by atoms with Gasteiger partial charge in [-0.2, -0.15) is 0 Å². The first kappa shape index (κ1) is 23.9. The molecule has 33 heavy (non-hydrogen) atoms. The van der Waals surface area contributed by atoms with Crippen molar-refractivity contribution in [2.24, 2.45) is 0 Å². The van der Waals surface area contributed by atoms with Crippen molar-refractivity contribution in [2.45, 2.75) is 31.3 Å². The van der Waals surface area contributed by atoms with Gasteiger partial charge in [0.15, 0.2) is 6.23 Å². The maximum atomic E-state index is 12.7. The lowest BCUT2D eigenvalue weighted by atomic mass is 9.96. The van der Waals surface area contributed by atoms with Crippen LogP contribution in [0.15, 0.2) is 48.7 Å². The molecule has 0 saturated carbocycles. The molecular formula is C24H27Cl2N3O4. The van der Waals surface area contributed by atoms with E-state index in [-0.39, 0.29) is 18.6 Å². The summed E-state index contributed by atoms with van der Waals surface area (Å²) < 4.78 is 6.01. The minimum atomic E-state index is -0.841. The van der Waals surface area contributed by atoms with Crippen LogP contribution in [0, 0.1) is 0 Å². The smallest absolute Gasteiger partial charge is 0.253 e. The number of rotatable bonds is 7. The number of hydrogen-bond donors (Lipinski definition) is 4. The number of β-amino-alcohol motifs (C(OH)–C–C–N with tert-alkyl or cyclic N) is 1. The van der Waals surface area contributed by atoms with Crippen LogP contribution in [0.25, 0.3) is 5.57 Å². The first-order valence-corrected chi connectivity index (χ1v) is 11.7. The molecule has 176 valence electrons. The zero-order valence-corrected chi connectivity index (χ0v) is 19.5.